The molecule has 1 heterocycles. The third-order valence-electron chi connectivity index (χ3n) is 1.44. The van der Waals surface area contributed by atoms with Crippen LogP contribution >= 0.6 is 22.9 Å². The molecule has 6 heteroatoms. The van der Waals surface area contributed by atoms with Gasteiger partial charge in [-0.2, -0.15) is 24.5 Å². The normalized spacial score (nSPS) is 13.7. The number of aldehydes is 1. The number of rotatable bonds is 2. The summed E-state index contributed by atoms with van der Waals surface area (Å²) in [5.41, 5.74) is -0.340. The van der Waals surface area contributed by atoms with Gasteiger partial charge in [-0.15, -0.1) is 0 Å². The van der Waals surface area contributed by atoms with Crippen LogP contribution in [0.2, 0.25) is 0 Å². The Balaban J connectivity index is 3.21. The molecule has 1 aromatic rings. The number of alkyl halides is 3. The minimum Gasteiger partial charge on any atom is -0.298 e. The van der Waals surface area contributed by atoms with Gasteiger partial charge in [0.05, 0.1) is 0 Å². The second kappa shape index (κ2) is 4.14. The molecule has 0 saturated heterocycles. The van der Waals surface area contributed by atoms with Gasteiger partial charge in [0.1, 0.15) is 5.03 Å². The molecule has 0 radical (unpaired) electrons. The molecular weight excluding hydrogens is 237 g/mol. The SMILES string of the molecule is O=C/C(=C(/Cl)C(F)(F)F)c1ccsc1. The molecule has 0 spiro atoms. The maximum Gasteiger partial charge on any atom is 0.427 e. The molecule has 14 heavy (non-hydrogen) atoms. The Hall–Kier alpha value is -0.810. The summed E-state index contributed by atoms with van der Waals surface area (Å²) in [5.74, 6) is 0. The average Bonchev–Trinajstić information content (AvgIpc) is 2.57. The van der Waals surface area contributed by atoms with E-state index in [0.717, 1.165) is 0 Å². The standard InChI is InChI=1S/C8H4ClF3OS/c9-7(8(10,11)12)6(3-13)5-1-2-14-4-5/h1-4H/b7-6-. The molecule has 0 unspecified atom stereocenters. The Morgan fingerprint density at radius 3 is 2.50 bits per heavy atom. The molecule has 0 amide bonds. The molecule has 0 aliphatic heterocycles. The lowest BCUT2D eigenvalue weighted by molar-refractivity contribution is -0.104. The molecule has 0 N–H and O–H groups in total. The van der Waals surface area contributed by atoms with Crippen LogP contribution in [0.1, 0.15) is 5.56 Å². The minimum absolute atomic E-state index is 0.109. The Bertz CT molecular complexity index is 353. The zero-order chi connectivity index (χ0) is 10.8. The molecule has 0 bridgehead atoms. The van der Waals surface area contributed by atoms with Crippen molar-refractivity contribution in [3.8, 4) is 0 Å². The lowest BCUT2D eigenvalue weighted by Gasteiger charge is -2.06. The van der Waals surface area contributed by atoms with E-state index in [4.69, 9.17) is 11.6 Å². The first-order valence-electron chi connectivity index (χ1n) is 3.41. The van der Waals surface area contributed by atoms with Crippen molar-refractivity contribution in [2.45, 2.75) is 6.18 Å². The first-order valence-corrected chi connectivity index (χ1v) is 4.73. The van der Waals surface area contributed by atoms with E-state index in [1.54, 1.807) is 5.38 Å². The van der Waals surface area contributed by atoms with Gasteiger partial charge in [0.2, 0.25) is 0 Å². The van der Waals surface area contributed by atoms with Gasteiger partial charge in [0.25, 0.3) is 0 Å². The number of halogens is 4. The van der Waals surface area contributed by atoms with Gasteiger partial charge in [0.15, 0.2) is 6.29 Å². The zero-order valence-electron chi connectivity index (χ0n) is 6.64. The van der Waals surface area contributed by atoms with Gasteiger partial charge in [-0.3, -0.25) is 4.79 Å². The topological polar surface area (TPSA) is 17.1 Å². The van der Waals surface area contributed by atoms with Crippen molar-refractivity contribution < 1.29 is 18.0 Å². The maximum absolute atomic E-state index is 12.1. The van der Waals surface area contributed by atoms with E-state index in [1.165, 1.54) is 22.8 Å². The van der Waals surface area contributed by atoms with E-state index in [9.17, 15) is 18.0 Å². The van der Waals surface area contributed by atoms with Crippen molar-refractivity contribution in [2.24, 2.45) is 0 Å². The number of thiophene rings is 1. The maximum atomic E-state index is 12.1. The number of hydrogen-bond acceptors (Lipinski definition) is 2. The van der Waals surface area contributed by atoms with Crippen LogP contribution in [-0.2, 0) is 4.79 Å². The number of allylic oxidation sites excluding steroid dienone is 2. The van der Waals surface area contributed by atoms with Crippen LogP contribution in [0.25, 0.3) is 5.57 Å². The van der Waals surface area contributed by atoms with Crippen LogP contribution in [0.5, 0.6) is 0 Å². The summed E-state index contributed by atoms with van der Waals surface area (Å²) < 4.78 is 36.4. The highest BCUT2D eigenvalue weighted by Gasteiger charge is 2.35. The molecule has 0 saturated carbocycles. The summed E-state index contributed by atoms with van der Waals surface area (Å²) >= 11 is 6.23. The van der Waals surface area contributed by atoms with Gasteiger partial charge < -0.3 is 0 Å². The van der Waals surface area contributed by atoms with E-state index >= 15 is 0 Å². The van der Waals surface area contributed by atoms with Crippen LogP contribution in [0.15, 0.2) is 21.9 Å². The Kier molecular flexibility index (Phi) is 3.34. The van der Waals surface area contributed by atoms with Crippen LogP contribution in [-0.4, -0.2) is 12.5 Å². The second-order valence-electron chi connectivity index (χ2n) is 2.36. The Morgan fingerprint density at radius 1 is 1.50 bits per heavy atom. The molecular formula is C8H4ClF3OS. The van der Waals surface area contributed by atoms with Crippen molar-refractivity contribution in [3.05, 3.63) is 27.4 Å². The smallest absolute Gasteiger partial charge is 0.298 e. The molecule has 0 aliphatic rings. The van der Waals surface area contributed by atoms with Gasteiger partial charge in [-0.1, -0.05) is 11.6 Å². The lowest BCUT2D eigenvalue weighted by Crippen LogP contribution is -2.09. The quantitative estimate of drug-likeness (QED) is 0.572. The lowest BCUT2D eigenvalue weighted by atomic mass is 10.1. The fraction of sp³-hybridized carbons (Fsp3) is 0.125. The predicted octanol–water partition coefficient (Wildman–Crippen LogP) is 3.46. The molecule has 1 nitrogen and oxygen atoms in total. The van der Waals surface area contributed by atoms with Crippen molar-refractivity contribution >= 4 is 34.8 Å². The average molecular weight is 241 g/mol. The largest absolute Gasteiger partial charge is 0.427 e. The molecule has 1 aromatic heterocycles. The van der Waals surface area contributed by atoms with Gasteiger partial charge in [-0.25, -0.2) is 0 Å². The summed E-state index contributed by atoms with van der Waals surface area (Å²) in [7, 11) is 0. The third-order valence-corrected chi connectivity index (χ3v) is 2.54. The highest BCUT2D eigenvalue weighted by Crippen LogP contribution is 2.34. The van der Waals surface area contributed by atoms with Crippen LogP contribution in [0.4, 0.5) is 13.2 Å². The Morgan fingerprint density at radius 2 is 2.14 bits per heavy atom. The summed E-state index contributed by atoms with van der Waals surface area (Å²) in [6.07, 6.45) is -4.57. The fourth-order valence-corrected chi connectivity index (χ4v) is 1.63. The van der Waals surface area contributed by atoms with Crippen LogP contribution in [0, 0.1) is 0 Å². The highest BCUT2D eigenvalue weighted by molar-refractivity contribution is 7.08. The molecule has 1 rings (SSSR count). The molecule has 0 aromatic carbocycles. The van der Waals surface area contributed by atoms with E-state index in [-0.39, 0.29) is 11.8 Å². The van der Waals surface area contributed by atoms with Crippen molar-refractivity contribution in [1.29, 1.82) is 0 Å². The summed E-state index contributed by atoms with van der Waals surface area (Å²) in [6.45, 7) is 0. The van der Waals surface area contributed by atoms with Crippen molar-refractivity contribution in [3.63, 3.8) is 0 Å². The highest BCUT2D eigenvalue weighted by atomic mass is 35.5. The van der Waals surface area contributed by atoms with Gasteiger partial charge in [0, 0.05) is 5.57 Å². The molecule has 0 fully saturated rings. The zero-order valence-corrected chi connectivity index (χ0v) is 8.21. The van der Waals surface area contributed by atoms with E-state index in [0.29, 0.717) is 0 Å². The summed E-state index contributed by atoms with van der Waals surface area (Å²) in [5, 5.41) is 1.61. The van der Waals surface area contributed by atoms with Crippen LogP contribution in [0.3, 0.4) is 0 Å². The molecule has 0 aliphatic carbocycles. The van der Waals surface area contributed by atoms with E-state index in [1.807, 2.05) is 0 Å². The first-order chi connectivity index (χ1) is 6.46. The number of hydrogen-bond donors (Lipinski definition) is 0. The Labute approximate surface area is 86.8 Å². The second-order valence-corrected chi connectivity index (χ2v) is 3.51. The predicted molar refractivity (Wildman–Crippen MR) is 49.2 cm³/mol. The number of carbonyl (C=O) groups excluding carboxylic acids is 1. The van der Waals surface area contributed by atoms with Gasteiger partial charge >= 0.3 is 6.18 Å². The number of carbonyl (C=O) groups is 1. The molecule has 76 valence electrons. The van der Waals surface area contributed by atoms with E-state index < -0.39 is 16.8 Å². The van der Waals surface area contributed by atoms with Crippen molar-refractivity contribution in [2.75, 3.05) is 0 Å². The van der Waals surface area contributed by atoms with E-state index in [2.05, 4.69) is 0 Å². The first kappa shape index (κ1) is 11.3. The minimum atomic E-state index is -4.68. The summed E-state index contributed by atoms with van der Waals surface area (Å²) in [4.78, 5) is 10.5. The van der Waals surface area contributed by atoms with Gasteiger partial charge in [-0.05, 0) is 22.4 Å². The summed E-state index contributed by atoms with van der Waals surface area (Å²) in [6, 6.07) is 1.41. The third kappa shape index (κ3) is 2.36. The molecule has 0 atom stereocenters. The van der Waals surface area contributed by atoms with Crippen molar-refractivity contribution in [1.82, 2.24) is 0 Å². The monoisotopic (exact) mass is 240 g/mol. The fourth-order valence-electron chi connectivity index (χ4n) is 0.817. The van der Waals surface area contributed by atoms with Crippen LogP contribution < -0.4 is 0 Å².